The van der Waals surface area contributed by atoms with Crippen LogP contribution in [0.5, 0.6) is 0 Å². The third-order valence-corrected chi connectivity index (χ3v) is 2.41. The van der Waals surface area contributed by atoms with Gasteiger partial charge in [-0.15, -0.1) is 6.42 Å². The van der Waals surface area contributed by atoms with E-state index in [1.807, 2.05) is 0 Å². The first-order valence-corrected chi connectivity index (χ1v) is 4.09. The van der Waals surface area contributed by atoms with Crippen molar-refractivity contribution in [3.8, 4) is 12.3 Å². The van der Waals surface area contributed by atoms with Gasteiger partial charge in [0.15, 0.2) is 5.69 Å². The highest BCUT2D eigenvalue weighted by Gasteiger charge is 2.46. The number of nitrogens with zero attached hydrogens (tertiary/aromatic N) is 1. The van der Waals surface area contributed by atoms with E-state index in [-0.39, 0.29) is 0 Å². The summed E-state index contributed by atoms with van der Waals surface area (Å²) in [6, 6.07) is 0.993. The number of aromatic nitrogens is 2. The van der Waals surface area contributed by atoms with Crippen LogP contribution in [-0.2, 0) is 11.6 Å². The molecular weight excluding hydrogens is 193 g/mol. The van der Waals surface area contributed by atoms with Gasteiger partial charge >= 0.3 is 6.18 Å². The van der Waals surface area contributed by atoms with Crippen molar-refractivity contribution in [2.75, 3.05) is 0 Å². The Kier molecular flexibility index (Phi) is 1.65. The molecule has 1 aliphatic carbocycles. The lowest BCUT2D eigenvalue weighted by molar-refractivity contribution is -0.141. The maximum Gasteiger partial charge on any atom is 0.435 e. The van der Waals surface area contributed by atoms with E-state index in [1.54, 1.807) is 0 Å². The van der Waals surface area contributed by atoms with E-state index in [1.165, 1.54) is 0 Å². The molecule has 0 aromatic carbocycles. The minimum Gasteiger partial charge on any atom is -0.280 e. The second kappa shape index (κ2) is 2.53. The quantitative estimate of drug-likeness (QED) is 0.691. The number of hydrogen-bond donors (Lipinski definition) is 1. The molecule has 1 aliphatic rings. The van der Waals surface area contributed by atoms with Gasteiger partial charge in [0, 0.05) is 0 Å². The van der Waals surface area contributed by atoms with Crippen molar-refractivity contribution in [2.24, 2.45) is 0 Å². The fourth-order valence-electron chi connectivity index (χ4n) is 1.33. The van der Waals surface area contributed by atoms with E-state index >= 15 is 0 Å². The van der Waals surface area contributed by atoms with Crippen LogP contribution in [0.15, 0.2) is 6.07 Å². The van der Waals surface area contributed by atoms with Gasteiger partial charge in [0.1, 0.15) is 0 Å². The summed E-state index contributed by atoms with van der Waals surface area (Å²) in [5.41, 5.74) is -1.03. The van der Waals surface area contributed by atoms with Gasteiger partial charge in [-0.2, -0.15) is 18.3 Å². The molecule has 1 aromatic heterocycles. The molecule has 0 aliphatic heterocycles. The maximum absolute atomic E-state index is 12.2. The molecule has 1 fully saturated rings. The third kappa shape index (κ3) is 1.27. The Hall–Kier alpha value is -1.44. The molecule has 0 unspecified atom stereocenters. The van der Waals surface area contributed by atoms with Gasteiger partial charge in [-0.05, 0) is 18.9 Å². The average molecular weight is 200 g/mol. The minimum absolute atomic E-state index is 0.396. The lowest BCUT2D eigenvalue weighted by Gasteiger charge is -2.01. The number of alkyl halides is 3. The molecule has 1 saturated carbocycles. The average Bonchev–Trinajstić information content (AvgIpc) is 2.73. The number of H-pyrrole nitrogens is 1. The minimum atomic E-state index is -4.40. The van der Waals surface area contributed by atoms with Crippen LogP contribution in [0.4, 0.5) is 13.2 Å². The van der Waals surface area contributed by atoms with E-state index in [2.05, 4.69) is 16.1 Å². The molecule has 1 N–H and O–H groups in total. The molecule has 0 radical (unpaired) electrons. The van der Waals surface area contributed by atoms with Crippen LogP contribution in [0.3, 0.4) is 0 Å². The van der Waals surface area contributed by atoms with E-state index in [0.717, 1.165) is 18.9 Å². The van der Waals surface area contributed by atoms with Crippen LogP contribution in [0, 0.1) is 12.3 Å². The van der Waals surface area contributed by atoms with Crippen molar-refractivity contribution in [1.82, 2.24) is 10.2 Å². The molecule has 0 spiro atoms. The Balaban J connectivity index is 2.32. The highest BCUT2D eigenvalue weighted by Crippen LogP contribution is 2.47. The number of nitrogens with one attached hydrogen (secondary N) is 1. The Morgan fingerprint density at radius 2 is 2.14 bits per heavy atom. The zero-order valence-corrected chi connectivity index (χ0v) is 7.15. The van der Waals surface area contributed by atoms with E-state index in [0.29, 0.717) is 5.69 Å². The number of aromatic amines is 1. The normalized spacial score (nSPS) is 19.0. The molecule has 1 heterocycles. The zero-order valence-electron chi connectivity index (χ0n) is 7.15. The summed E-state index contributed by atoms with van der Waals surface area (Å²) >= 11 is 0. The monoisotopic (exact) mass is 200 g/mol. The molecule has 2 nitrogen and oxygen atoms in total. The maximum atomic E-state index is 12.2. The van der Waals surface area contributed by atoms with Crippen molar-refractivity contribution in [3.63, 3.8) is 0 Å². The molecule has 1 aromatic rings. The second-order valence-corrected chi connectivity index (χ2v) is 3.39. The second-order valence-electron chi connectivity index (χ2n) is 3.39. The van der Waals surface area contributed by atoms with Crippen molar-refractivity contribution in [3.05, 3.63) is 17.5 Å². The van der Waals surface area contributed by atoms with Crippen LogP contribution in [-0.4, -0.2) is 10.2 Å². The van der Waals surface area contributed by atoms with Crippen molar-refractivity contribution in [2.45, 2.75) is 24.4 Å². The van der Waals surface area contributed by atoms with E-state index in [4.69, 9.17) is 6.42 Å². The SMILES string of the molecule is C#CC1(c2cc(C(F)(F)F)n[nH]2)CC1. The Morgan fingerprint density at radius 1 is 1.50 bits per heavy atom. The highest BCUT2D eigenvalue weighted by molar-refractivity contribution is 5.37. The Morgan fingerprint density at radius 3 is 2.50 bits per heavy atom. The fourth-order valence-corrected chi connectivity index (χ4v) is 1.33. The molecule has 0 saturated heterocycles. The van der Waals surface area contributed by atoms with Crippen LogP contribution in [0.2, 0.25) is 0 Å². The predicted molar refractivity (Wildman–Crippen MR) is 43.3 cm³/mol. The van der Waals surface area contributed by atoms with Gasteiger partial charge in [0.25, 0.3) is 0 Å². The molecule has 14 heavy (non-hydrogen) atoms. The summed E-state index contributed by atoms with van der Waals surface area (Å²) in [7, 11) is 0. The largest absolute Gasteiger partial charge is 0.435 e. The lowest BCUT2D eigenvalue weighted by Crippen LogP contribution is -2.05. The van der Waals surface area contributed by atoms with Gasteiger partial charge in [0.2, 0.25) is 0 Å². The zero-order chi connectivity index (χ0) is 10.4. The predicted octanol–water partition coefficient (Wildman–Crippen LogP) is 2.09. The molecule has 0 atom stereocenters. The van der Waals surface area contributed by atoms with Crippen molar-refractivity contribution in [1.29, 1.82) is 0 Å². The molecule has 0 amide bonds. The van der Waals surface area contributed by atoms with Crippen molar-refractivity contribution >= 4 is 0 Å². The van der Waals surface area contributed by atoms with Gasteiger partial charge in [-0.25, -0.2) is 0 Å². The molecule has 0 bridgehead atoms. The van der Waals surface area contributed by atoms with E-state index < -0.39 is 17.3 Å². The lowest BCUT2D eigenvalue weighted by atomic mass is 10.0. The number of halogens is 3. The molecule has 5 heteroatoms. The molecule has 2 rings (SSSR count). The number of hydrogen-bond acceptors (Lipinski definition) is 1. The van der Waals surface area contributed by atoms with Gasteiger partial charge in [-0.3, -0.25) is 5.10 Å². The summed E-state index contributed by atoms with van der Waals surface area (Å²) < 4.78 is 36.5. The standard InChI is InChI=1S/C9H7F3N2/c1-2-8(3-4-8)6-5-7(14-13-6)9(10,11)12/h1,5H,3-4H2,(H,13,14). The first-order valence-electron chi connectivity index (χ1n) is 4.09. The van der Waals surface area contributed by atoms with E-state index in [9.17, 15) is 13.2 Å². The summed E-state index contributed by atoms with van der Waals surface area (Å²) in [5.74, 6) is 2.49. The summed E-state index contributed by atoms with van der Waals surface area (Å²) in [5, 5.41) is 5.55. The summed E-state index contributed by atoms with van der Waals surface area (Å²) in [6.07, 6.45) is 2.29. The molecular formula is C9H7F3N2. The Labute approximate surface area is 78.5 Å². The van der Waals surface area contributed by atoms with Crippen LogP contribution < -0.4 is 0 Å². The number of rotatable bonds is 1. The highest BCUT2D eigenvalue weighted by atomic mass is 19.4. The number of terminal acetylenes is 1. The van der Waals surface area contributed by atoms with Crippen molar-refractivity contribution < 1.29 is 13.2 Å². The summed E-state index contributed by atoms with van der Waals surface area (Å²) in [4.78, 5) is 0. The Bertz CT molecular complexity index is 393. The smallest absolute Gasteiger partial charge is 0.280 e. The third-order valence-electron chi connectivity index (χ3n) is 2.41. The van der Waals surface area contributed by atoms with Crippen LogP contribution in [0.25, 0.3) is 0 Å². The summed E-state index contributed by atoms with van der Waals surface area (Å²) in [6.45, 7) is 0. The molecule has 74 valence electrons. The van der Waals surface area contributed by atoms with Crippen LogP contribution in [0.1, 0.15) is 24.2 Å². The van der Waals surface area contributed by atoms with Gasteiger partial charge in [0.05, 0.1) is 11.1 Å². The topological polar surface area (TPSA) is 28.7 Å². The van der Waals surface area contributed by atoms with Gasteiger partial charge < -0.3 is 0 Å². The fraction of sp³-hybridized carbons (Fsp3) is 0.444. The first kappa shape index (κ1) is 9.13. The van der Waals surface area contributed by atoms with Crippen LogP contribution >= 0.6 is 0 Å². The van der Waals surface area contributed by atoms with Gasteiger partial charge in [-0.1, -0.05) is 5.92 Å². The first-order chi connectivity index (χ1) is 6.48.